The van der Waals surface area contributed by atoms with Gasteiger partial charge in [-0.05, 0) is 30.7 Å². The number of rotatable bonds is 6. The average molecular weight is 385 g/mol. The number of hydrogen-bond acceptors (Lipinski definition) is 6. The second-order valence-corrected chi connectivity index (χ2v) is 6.11. The highest BCUT2D eigenvalue weighted by atomic mass is 16.6. The Morgan fingerprint density at radius 3 is 2.79 bits per heavy atom. The van der Waals surface area contributed by atoms with Gasteiger partial charge >= 0.3 is 5.69 Å². The fourth-order valence-corrected chi connectivity index (χ4v) is 2.92. The van der Waals surface area contributed by atoms with Crippen LogP contribution in [-0.4, -0.2) is 37.0 Å². The van der Waals surface area contributed by atoms with Gasteiger partial charge in [0.2, 0.25) is 0 Å². The monoisotopic (exact) mass is 385 g/mol. The molecule has 0 saturated heterocycles. The first-order chi connectivity index (χ1) is 13.4. The summed E-state index contributed by atoms with van der Waals surface area (Å²) in [4.78, 5) is 36.7. The first-order valence-electron chi connectivity index (χ1n) is 8.65. The summed E-state index contributed by atoms with van der Waals surface area (Å²) in [7, 11) is 1.30. The van der Waals surface area contributed by atoms with Crippen LogP contribution in [0.2, 0.25) is 0 Å². The molecule has 0 radical (unpaired) electrons. The second kappa shape index (κ2) is 7.95. The molecule has 28 heavy (non-hydrogen) atoms. The number of fused-ring (bicyclic) bond motifs is 1. The molecule has 0 saturated carbocycles. The van der Waals surface area contributed by atoms with Crippen LogP contribution >= 0.6 is 0 Å². The topological polar surface area (TPSA) is 111 Å². The molecule has 1 heterocycles. The van der Waals surface area contributed by atoms with Crippen LogP contribution in [0.1, 0.15) is 23.7 Å². The molecule has 1 aliphatic rings. The van der Waals surface area contributed by atoms with Crippen LogP contribution < -0.4 is 19.7 Å². The summed E-state index contributed by atoms with van der Waals surface area (Å²) in [5.74, 6) is -0.0320. The second-order valence-electron chi connectivity index (χ2n) is 6.11. The van der Waals surface area contributed by atoms with Gasteiger partial charge in [-0.2, -0.15) is 0 Å². The first-order valence-corrected chi connectivity index (χ1v) is 8.65. The van der Waals surface area contributed by atoms with E-state index in [0.717, 1.165) is 6.42 Å². The van der Waals surface area contributed by atoms with Gasteiger partial charge in [0.15, 0.2) is 12.4 Å². The minimum atomic E-state index is -0.580. The van der Waals surface area contributed by atoms with Crippen molar-refractivity contribution in [2.75, 3.05) is 30.5 Å². The predicted molar refractivity (Wildman–Crippen MR) is 102 cm³/mol. The number of anilines is 2. The van der Waals surface area contributed by atoms with E-state index in [1.807, 2.05) is 6.92 Å². The molecule has 0 atom stereocenters. The number of methoxy groups -OCH3 is 1. The van der Waals surface area contributed by atoms with Crippen LogP contribution in [0.5, 0.6) is 11.5 Å². The predicted octanol–water partition coefficient (Wildman–Crippen LogP) is 2.99. The third-order valence-electron chi connectivity index (χ3n) is 4.25. The summed E-state index contributed by atoms with van der Waals surface area (Å²) in [5.41, 5.74) is 1.05. The van der Waals surface area contributed by atoms with Gasteiger partial charge in [0, 0.05) is 29.9 Å². The zero-order valence-corrected chi connectivity index (χ0v) is 15.4. The molecule has 9 nitrogen and oxygen atoms in total. The number of hydrogen-bond donors (Lipinski definition) is 1. The van der Waals surface area contributed by atoms with Crippen molar-refractivity contribution < 1.29 is 24.0 Å². The van der Waals surface area contributed by atoms with E-state index in [4.69, 9.17) is 9.47 Å². The molecule has 0 fully saturated rings. The Bertz CT molecular complexity index is 943. The van der Waals surface area contributed by atoms with Crippen LogP contribution in [0.15, 0.2) is 36.4 Å². The summed E-state index contributed by atoms with van der Waals surface area (Å²) < 4.78 is 10.4. The van der Waals surface area contributed by atoms with Crippen molar-refractivity contribution in [1.29, 1.82) is 0 Å². The smallest absolute Gasteiger partial charge is 0.310 e. The molecule has 1 aliphatic heterocycles. The molecule has 0 spiro atoms. The van der Waals surface area contributed by atoms with Crippen molar-refractivity contribution in [3.63, 3.8) is 0 Å². The normalized spacial score (nSPS) is 12.8. The van der Waals surface area contributed by atoms with Gasteiger partial charge in [0.05, 0.1) is 17.7 Å². The van der Waals surface area contributed by atoms with E-state index in [-0.39, 0.29) is 29.5 Å². The number of nitro benzene ring substituents is 1. The number of carbonyl (C=O) groups is 2. The van der Waals surface area contributed by atoms with Crippen LogP contribution in [0.4, 0.5) is 17.1 Å². The number of carbonyl (C=O) groups excluding carboxylic acids is 2. The third-order valence-corrected chi connectivity index (χ3v) is 4.25. The van der Waals surface area contributed by atoms with Crippen molar-refractivity contribution in [3.05, 3.63) is 52.1 Å². The molecular formula is C19H19N3O6. The lowest BCUT2D eigenvalue weighted by molar-refractivity contribution is -0.385. The number of amides is 2. The average Bonchev–Trinajstić information content (AvgIpc) is 2.69. The first kappa shape index (κ1) is 19.2. The zero-order valence-electron chi connectivity index (χ0n) is 15.4. The maximum Gasteiger partial charge on any atom is 0.310 e. The van der Waals surface area contributed by atoms with E-state index < -0.39 is 10.8 Å². The molecule has 9 heteroatoms. The minimum Gasteiger partial charge on any atom is -0.490 e. The lowest BCUT2D eigenvalue weighted by Gasteiger charge is -2.29. The Morgan fingerprint density at radius 2 is 2.11 bits per heavy atom. The Hall–Kier alpha value is -3.62. The molecule has 3 rings (SSSR count). The Morgan fingerprint density at radius 1 is 1.32 bits per heavy atom. The van der Waals surface area contributed by atoms with Crippen molar-refractivity contribution in [2.45, 2.75) is 13.3 Å². The number of benzene rings is 2. The summed E-state index contributed by atoms with van der Waals surface area (Å²) in [6.07, 6.45) is 0.782. The molecule has 0 bridgehead atoms. The van der Waals surface area contributed by atoms with Gasteiger partial charge < -0.3 is 19.7 Å². The van der Waals surface area contributed by atoms with E-state index in [9.17, 15) is 19.7 Å². The highest BCUT2D eigenvalue weighted by Crippen LogP contribution is 2.35. The van der Waals surface area contributed by atoms with Crippen molar-refractivity contribution >= 4 is 28.9 Å². The largest absolute Gasteiger partial charge is 0.490 e. The summed E-state index contributed by atoms with van der Waals surface area (Å²) in [5, 5.41) is 13.7. The van der Waals surface area contributed by atoms with E-state index in [1.165, 1.54) is 25.3 Å². The van der Waals surface area contributed by atoms with E-state index in [0.29, 0.717) is 23.7 Å². The number of nitrogens with one attached hydrogen (secondary N) is 1. The fraction of sp³-hybridized carbons (Fsp3) is 0.263. The van der Waals surface area contributed by atoms with E-state index in [2.05, 4.69) is 5.32 Å². The van der Waals surface area contributed by atoms with Crippen LogP contribution in [-0.2, 0) is 4.79 Å². The van der Waals surface area contributed by atoms with Gasteiger partial charge in [-0.1, -0.05) is 6.92 Å². The summed E-state index contributed by atoms with van der Waals surface area (Å²) in [6, 6.07) is 8.90. The molecule has 0 aliphatic carbocycles. The molecule has 0 aromatic heterocycles. The lowest BCUT2D eigenvalue weighted by atomic mass is 10.1. The fourth-order valence-electron chi connectivity index (χ4n) is 2.92. The molecular weight excluding hydrogens is 366 g/mol. The molecule has 2 aromatic carbocycles. The molecule has 2 aromatic rings. The molecule has 2 amide bonds. The Balaban J connectivity index is 1.85. The van der Waals surface area contributed by atoms with E-state index in [1.54, 1.807) is 23.1 Å². The summed E-state index contributed by atoms with van der Waals surface area (Å²) >= 11 is 0. The SMILES string of the molecule is CCCN1C(=O)COc2ccc(NC(=O)c3ccc([N+](=O)[O-])c(OC)c3)cc21. The van der Waals surface area contributed by atoms with Crippen molar-refractivity contribution in [3.8, 4) is 11.5 Å². The summed E-state index contributed by atoms with van der Waals surface area (Å²) in [6.45, 7) is 2.50. The van der Waals surface area contributed by atoms with Crippen LogP contribution in [0.25, 0.3) is 0 Å². The van der Waals surface area contributed by atoms with E-state index >= 15 is 0 Å². The van der Waals surface area contributed by atoms with Gasteiger partial charge in [-0.25, -0.2) is 0 Å². The number of nitrogens with zero attached hydrogens (tertiary/aromatic N) is 2. The molecule has 1 N–H and O–H groups in total. The van der Waals surface area contributed by atoms with Crippen molar-refractivity contribution in [1.82, 2.24) is 0 Å². The van der Waals surface area contributed by atoms with Gasteiger partial charge in [-0.15, -0.1) is 0 Å². The Labute approximate surface area is 161 Å². The highest BCUT2D eigenvalue weighted by molar-refractivity contribution is 6.06. The maximum absolute atomic E-state index is 12.6. The molecule has 146 valence electrons. The van der Waals surface area contributed by atoms with Gasteiger partial charge in [-0.3, -0.25) is 19.7 Å². The number of nitro groups is 1. The minimum absolute atomic E-state index is 0.00351. The quantitative estimate of drug-likeness (QED) is 0.604. The molecule has 0 unspecified atom stereocenters. The van der Waals surface area contributed by atoms with Crippen molar-refractivity contribution in [2.24, 2.45) is 0 Å². The zero-order chi connectivity index (χ0) is 20.3. The number of ether oxygens (including phenoxy) is 2. The highest BCUT2D eigenvalue weighted by Gasteiger charge is 2.25. The van der Waals surface area contributed by atoms with Gasteiger partial charge in [0.1, 0.15) is 5.75 Å². The van der Waals surface area contributed by atoms with Gasteiger partial charge in [0.25, 0.3) is 11.8 Å². The standard InChI is InChI=1S/C19H19N3O6/c1-3-8-21-15-10-13(5-7-16(15)28-11-18(21)23)20-19(24)12-4-6-14(22(25)26)17(9-12)27-2/h4-7,9-10H,3,8,11H2,1-2H3,(H,20,24). The Kier molecular flexibility index (Phi) is 5.44. The third kappa shape index (κ3) is 3.73. The van der Waals surface area contributed by atoms with Crippen LogP contribution in [0, 0.1) is 10.1 Å². The maximum atomic E-state index is 12.6. The lowest BCUT2D eigenvalue weighted by Crippen LogP contribution is -2.39. The van der Waals surface area contributed by atoms with Crippen LogP contribution in [0.3, 0.4) is 0 Å².